The average Bonchev–Trinajstić information content (AvgIpc) is 2.58. The van der Waals surface area contributed by atoms with Crippen LogP contribution >= 0.6 is 36.4 Å². The number of halogens is 1. The number of thiazole rings is 1. The highest BCUT2D eigenvalue weighted by Gasteiger charge is 2.04. The molecule has 1 aromatic heterocycles. The van der Waals surface area contributed by atoms with Gasteiger partial charge < -0.3 is 10.6 Å². The van der Waals surface area contributed by atoms with Gasteiger partial charge >= 0.3 is 0 Å². The molecule has 0 bridgehead atoms. The minimum atomic E-state index is -0.779. The third-order valence-electron chi connectivity index (χ3n) is 1.37. The molecule has 0 atom stereocenters. The molecule has 0 aliphatic rings. The van der Waals surface area contributed by atoms with E-state index in [0.717, 1.165) is 4.88 Å². The summed E-state index contributed by atoms with van der Waals surface area (Å²) in [7, 11) is 1.54. The zero-order valence-electron chi connectivity index (χ0n) is 8.23. The average molecular weight is 284 g/mol. The molecule has 0 amide bonds. The molecule has 2 N–H and O–H groups in total. The normalized spacial score (nSPS) is 10.5. The third-order valence-corrected chi connectivity index (χ3v) is 2.49. The number of hydrazone groups is 1. The summed E-state index contributed by atoms with van der Waals surface area (Å²) in [6.45, 7) is 0.387. The predicted octanol–water partition coefficient (Wildman–Crippen LogP) is 0.766. The second-order valence-corrected chi connectivity index (χ2v) is 4.07. The highest BCUT2D eigenvalue weighted by Crippen LogP contribution is 2.16. The molecular weight excluding hydrogens is 274 g/mol. The first-order valence-corrected chi connectivity index (χ1v) is 5.06. The molecule has 0 radical (unpaired) electrons. The second kappa shape index (κ2) is 7.25. The van der Waals surface area contributed by atoms with E-state index in [1.165, 1.54) is 18.4 Å². The van der Waals surface area contributed by atoms with Crippen molar-refractivity contribution in [3.63, 3.8) is 0 Å². The van der Waals surface area contributed by atoms with Gasteiger partial charge in [-0.25, -0.2) is 15.1 Å². The van der Waals surface area contributed by atoms with Crippen molar-refractivity contribution in [2.45, 2.75) is 6.54 Å². The maximum atomic E-state index is 10.1. The number of nitrogens with one attached hydrogen (secondary N) is 2. The van der Waals surface area contributed by atoms with Crippen molar-refractivity contribution in [1.82, 2.24) is 15.6 Å². The summed E-state index contributed by atoms with van der Waals surface area (Å²) in [5.41, 5.74) is 0. The van der Waals surface area contributed by atoms with Gasteiger partial charge in [-0.2, -0.15) is 13.5 Å². The van der Waals surface area contributed by atoms with Crippen LogP contribution in [0.4, 0.5) is 0 Å². The van der Waals surface area contributed by atoms with Gasteiger partial charge in [0.05, 0.1) is 6.54 Å². The van der Waals surface area contributed by atoms with Crippen LogP contribution in [0.1, 0.15) is 4.88 Å². The van der Waals surface area contributed by atoms with Gasteiger partial charge in [0.15, 0.2) is 9.50 Å². The molecule has 10 heteroatoms. The Bertz CT molecular complexity index is 383. The smallest absolute Gasteiger partial charge is 0.268 e. The van der Waals surface area contributed by atoms with Crippen molar-refractivity contribution in [2.75, 3.05) is 7.05 Å². The van der Waals surface area contributed by atoms with Gasteiger partial charge in [-0.15, -0.1) is 11.3 Å². The lowest BCUT2D eigenvalue weighted by Crippen LogP contribution is -2.34. The van der Waals surface area contributed by atoms with Gasteiger partial charge in [-0.3, -0.25) is 0 Å². The van der Waals surface area contributed by atoms with E-state index in [4.69, 9.17) is 11.6 Å². The standard InChI is InChI=1S/C6H8ClN5O2S.H2S/c1-8-6(11-12(13)14)10-3-4-2-9-5(7)15-4;/h2H,3H2,1H3,(H2,8,10,11);1H2. The molecule has 7 nitrogen and oxygen atoms in total. The topological polar surface area (TPSA) is 92.5 Å². The second-order valence-electron chi connectivity index (χ2n) is 2.37. The van der Waals surface area contributed by atoms with Gasteiger partial charge in [0.2, 0.25) is 0 Å². The van der Waals surface area contributed by atoms with Gasteiger partial charge in [0, 0.05) is 18.1 Å². The van der Waals surface area contributed by atoms with E-state index >= 15 is 0 Å². The van der Waals surface area contributed by atoms with Crippen molar-refractivity contribution in [1.29, 1.82) is 0 Å². The van der Waals surface area contributed by atoms with Crippen molar-refractivity contribution >= 4 is 42.4 Å². The van der Waals surface area contributed by atoms with E-state index in [-0.39, 0.29) is 19.5 Å². The van der Waals surface area contributed by atoms with Crippen LogP contribution in [0.3, 0.4) is 0 Å². The lowest BCUT2D eigenvalue weighted by molar-refractivity contribution is -0.485. The summed E-state index contributed by atoms with van der Waals surface area (Å²) >= 11 is 6.92. The summed E-state index contributed by atoms with van der Waals surface area (Å²) < 4.78 is 0.434. The predicted molar refractivity (Wildman–Crippen MR) is 67.8 cm³/mol. The SMILES string of the molecule is CN/C(=N\[N+](=O)[O-])NCc1cnc(Cl)s1.S. The van der Waals surface area contributed by atoms with Gasteiger partial charge in [0.1, 0.15) is 5.10 Å². The fourth-order valence-corrected chi connectivity index (χ4v) is 1.71. The van der Waals surface area contributed by atoms with E-state index in [1.807, 2.05) is 0 Å². The van der Waals surface area contributed by atoms with Gasteiger partial charge in [-0.1, -0.05) is 11.6 Å². The third kappa shape index (κ3) is 5.14. The molecule has 90 valence electrons. The maximum absolute atomic E-state index is 10.1. The molecular formula is C6H10ClN5O2S2. The minimum absolute atomic E-state index is 0. The minimum Gasteiger partial charge on any atom is -0.354 e. The van der Waals surface area contributed by atoms with Crippen molar-refractivity contribution in [3.8, 4) is 0 Å². The molecule has 0 fully saturated rings. The fraction of sp³-hybridized carbons (Fsp3) is 0.333. The van der Waals surface area contributed by atoms with Crippen LogP contribution in [0.5, 0.6) is 0 Å². The first-order valence-electron chi connectivity index (χ1n) is 3.86. The highest BCUT2D eigenvalue weighted by atomic mass is 35.5. The maximum Gasteiger partial charge on any atom is 0.268 e. The molecule has 0 aliphatic heterocycles. The number of hydrogen-bond donors (Lipinski definition) is 2. The van der Waals surface area contributed by atoms with Crippen molar-refractivity contribution in [3.05, 3.63) is 25.7 Å². The van der Waals surface area contributed by atoms with Crippen molar-refractivity contribution < 1.29 is 5.03 Å². The molecule has 0 aliphatic carbocycles. The van der Waals surface area contributed by atoms with Crippen LogP contribution in [0.2, 0.25) is 4.47 Å². The molecule has 0 saturated carbocycles. The van der Waals surface area contributed by atoms with E-state index in [0.29, 0.717) is 11.0 Å². The Hall–Kier alpha value is -1.06. The fourth-order valence-electron chi connectivity index (χ4n) is 0.792. The van der Waals surface area contributed by atoms with Crippen LogP contribution < -0.4 is 10.6 Å². The van der Waals surface area contributed by atoms with Crippen LogP contribution in [-0.4, -0.2) is 23.0 Å². The summed E-state index contributed by atoms with van der Waals surface area (Å²) in [5, 5.41) is 17.7. The number of rotatable bonds is 3. The molecule has 0 spiro atoms. The van der Waals surface area contributed by atoms with E-state index in [1.54, 1.807) is 6.20 Å². The Morgan fingerprint density at radius 3 is 2.94 bits per heavy atom. The largest absolute Gasteiger partial charge is 0.354 e. The Balaban J connectivity index is 0.00000225. The number of nitro groups is 1. The quantitative estimate of drug-likeness (QED) is 0.370. The lowest BCUT2D eigenvalue weighted by Gasteiger charge is -2.02. The Morgan fingerprint density at radius 2 is 2.50 bits per heavy atom. The van der Waals surface area contributed by atoms with Crippen LogP contribution in [0.15, 0.2) is 11.3 Å². The molecule has 16 heavy (non-hydrogen) atoms. The number of hydrogen-bond acceptors (Lipinski definition) is 4. The van der Waals surface area contributed by atoms with Crippen LogP contribution in [-0.2, 0) is 6.54 Å². The monoisotopic (exact) mass is 283 g/mol. The number of aromatic nitrogens is 1. The molecule has 1 aromatic rings. The number of nitrogens with zero attached hydrogens (tertiary/aromatic N) is 3. The molecule has 1 rings (SSSR count). The van der Waals surface area contributed by atoms with E-state index in [2.05, 4.69) is 20.7 Å². The zero-order chi connectivity index (χ0) is 11.3. The molecule has 0 unspecified atom stereocenters. The van der Waals surface area contributed by atoms with E-state index < -0.39 is 5.03 Å². The molecule has 0 saturated heterocycles. The molecule has 0 aromatic carbocycles. The lowest BCUT2D eigenvalue weighted by atomic mass is 10.5. The van der Waals surface area contributed by atoms with Crippen LogP contribution in [0, 0.1) is 10.1 Å². The number of guanidine groups is 1. The summed E-state index contributed by atoms with van der Waals surface area (Å²) in [6, 6.07) is 0. The Labute approximate surface area is 108 Å². The van der Waals surface area contributed by atoms with E-state index in [9.17, 15) is 10.1 Å². The van der Waals surface area contributed by atoms with Gasteiger partial charge in [0.25, 0.3) is 5.96 Å². The Kier molecular flexibility index (Phi) is 6.77. The summed E-state index contributed by atoms with van der Waals surface area (Å²) in [5.74, 6) is 0.0875. The van der Waals surface area contributed by atoms with Crippen molar-refractivity contribution in [2.24, 2.45) is 5.10 Å². The highest BCUT2D eigenvalue weighted by molar-refractivity contribution is 7.59. The zero-order valence-corrected chi connectivity index (χ0v) is 10.8. The first-order chi connectivity index (χ1) is 7.11. The van der Waals surface area contributed by atoms with Gasteiger partial charge in [-0.05, 0) is 0 Å². The Morgan fingerprint density at radius 1 is 1.81 bits per heavy atom. The summed E-state index contributed by atoms with van der Waals surface area (Å²) in [4.78, 5) is 14.8. The summed E-state index contributed by atoms with van der Waals surface area (Å²) in [6.07, 6.45) is 1.60. The first kappa shape index (κ1) is 14.9. The van der Waals surface area contributed by atoms with Crippen LogP contribution in [0.25, 0.3) is 0 Å². The molecule has 1 heterocycles.